The number of nitrogens with one attached hydrogen (secondary N) is 2. The van der Waals surface area contributed by atoms with E-state index >= 15 is 0 Å². The van der Waals surface area contributed by atoms with Crippen LogP contribution in [-0.2, 0) is 13.1 Å². The lowest BCUT2D eigenvalue weighted by Gasteiger charge is -2.21. The Morgan fingerprint density at radius 1 is 1.19 bits per heavy atom. The van der Waals surface area contributed by atoms with E-state index in [0.717, 1.165) is 38.0 Å². The first kappa shape index (κ1) is 18.7. The number of guanidine groups is 1. The highest BCUT2D eigenvalue weighted by Gasteiger charge is 2.11. The van der Waals surface area contributed by atoms with Crippen LogP contribution in [0.15, 0.2) is 40.8 Å². The summed E-state index contributed by atoms with van der Waals surface area (Å²) in [4.78, 5) is 13.1. The van der Waals surface area contributed by atoms with E-state index < -0.39 is 0 Å². The van der Waals surface area contributed by atoms with E-state index in [1.165, 1.54) is 36.1 Å². The molecule has 0 aliphatic carbocycles. The number of nitrogens with zero attached hydrogens (tertiary/aromatic N) is 3. The van der Waals surface area contributed by atoms with Gasteiger partial charge in [0, 0.05) is 30.7 Å². The van der Waals surface area contributed by atoms with Crippen molar-refractivity contribution in [3.8, 4) is 0 Å². The van der Waals surface area contributed by atoms with Gasteiger partial charge in [0.25, 0.3) is 0 Å². The van der Waals surface area contributed by atoms with Gasteiger partial charge in [-0.3, -0.25) is 0 Å². The summed E-state index contributed by atoms with van der Waals surface area (Å²) < 4.78 is 0. The molecule has 140 valence electrons. The standard InChI is InChI=1S/C20H29N5S/c1-2-21-20(24-16-18-8-7-13-26-18)23-15-17-9-10-22-19(14-17)25-11-5-3-4-6-12-25/h7-10,13-14H,2-6,11-12,15-16H2,1H3,(H2,21,23,24). The zero-order valence-electron chi connectivity index (χ0n) is 15.6. The van der Waals surface area contributed by atoms with Crippen molar-refractivity contribution in [1.29, 1.82) is 0 Å². The first-order chi connectivity index (χ1) is 12.8. The Balaban J connectivity index is 1.61. The first-order valence-electron chi connectivity index (χ1n) is 9.59. The van der Waals surface area contributed by atoms with E-state index in [1.807, 2.05) is 6.20 Å². The second-order valence-electron chi connectivity index (χ2n) is 6.55. The maximum absolute atomic E-state index is 4.74. The first-order valence-corrected chi connectivity index (χ1v) is 10.5. The highest BCUT2D eigenvalue weighted by atomic mass is 32.1. The fourth-order valence-electron chi connectivity index (χ4n) is 3.13. The number of thiophene rings is 1. The molecule has 1 aliphatic heterocycles. The summed E-state index contributed by atoms with van der Waals surface area (Å²) in [5.41, 5.74) is 1.20. The molecular weight excluding hydrogens is 342 g/mol. The summed E-state index contributed by atoms with van der Waals surface area (Å²) in [6.45, 7) is 6.63. The zero-order valence-corrected chi connectivity index (χ0v) is 16.4. The molecule has 6 heteroatoms. The molecular formula is C20H29N5S. The lowest BCUT2D eigenvalue weighted by molar-refractivity contribution is 0.726. The number of anilines is 1. The van der Waals surface area contributed by atoms with Crippen molar-refractivity contribution in [3.63, 3.8) is 0 Å². The minimum Gasteiger partial charge on any atom is -0.357 e. The van der Waals surface area contributed by atoms with Gasteiger partial charge in [-0.2, -0.15) is 0 Å². The van der Waals surface area contributed by atoms with Crippen molar-refractivity contribution in [3.05, 3.63) is 46.3 Å². The third-order valence-corrected chi connectivity index (χ3v) is 5.39. The van der Waals surface area contributed by atoms with Crippen molar-refractivity contribution in [2.45, 2.75) is 45.7 Å². The zero-order chi connectivity index (χ0) is 18.0. The largest absolute Gasteiger partial charge is 0.357 e. The second-order valence-corrected chi connectivity index (χ2v) is 7.58. The Kier molecular flexibility index (Phi) is 7.31. The predicted molar refractivity (Wildman–Crippen MR) is 111 cm³/mol. The molecule has 5 nitrogen and oxygen atoms in total. The van der Waals surface area contributed by atoms with Gasteiger partial charge in [-0.05, 0) is 48.9 Å². The number of rotatable bonds is 6. The monoisotopic (exact) mass is 371 g/mol. The van der Waals surface area contributed by atoms with Crippen molar-refractivity contribution in [2.75, 3.05) is 24.5 Å². The third kappa shape index (κ3) is 5.73. The minimum atomic E-state index is 0.656. The van der Waals surface area contributed by atoms with Crippen LogP contribution in [0.5, 0.6) is 0 Å². The SMILES string of the molecule is CCNC(=NCc1ccnc(N2CCCCCC2)c1)NCc1cccs1. The molecule has 0 bridgehead atoms. The normalized spacial score (nSPS) is 15.6. The Morgan fingerprint density at radius 2 is 2.04 bits per heavy atom. The van der Waals surface area contributed by atoms with Crippen molar-refractivity contribution < 1.29 is 0 Å². The number of aromatic nitrogens is 1. The van der Waals surface area contributed by atoms with Crippen molar-refractivity contribution in [2.24, 2.45) is 4.99 Å². The Labute approximate surface area is 160 Å². The van der Waals surface area contributed by atoms with Gasteiger partial charge in [-0.15, -0.1) is 11.3 Å². The van der Waals surface area contributed by atoms with Crippen LogP contribution in [0, 0.1) is 0 Å². The summed E-state index contributed by atoms with van der Waals surface area (Å²) in [7, 11) is 0. The van der Waals surface area contributed by atoms with E-state index in [-0.39, 0.29) is 0 Å². The fourth-order valence-corrected chi connectivity index (χ4v) is 3.77. The average molecular weight is 372 g/mol. The third-order valence-electron chi connectivity index (χ3n) is 4.51. The Hall–Kier alpha value is -2.08. The molecule has 0 unspecified atom stereocenters. The number of hydrogen-bond acceptors (Lipinski definition) is 4. The van der Waals surface area contributed by atoms with Gasteiger partial charge in [0.15, 0.2) is 5.96 Å². The Bertz CT molecular complexity index is 675. The molecule has 0 aromatic carbocycles. The predicted octanol–water partition coefficient (Wildman–Crippen LogP) is 3.78. The van der Waals surface area contributed by atoms with Gasteiger partial charge in [0.2, 0.25) is 0 Å². The van der Waals surface area contributed by atoms with Crippen LogP contribution in [0.25, 0.3) is 0 Å². The van der Waals surface area contributed by atoms with E-state index in [2.05, 4.69) is 57.1 Å². The highest BCUT2D eigenvalue weighted by Crippen LogP contribution is 2.18. The fraction of sp³-hybridized carbons (Fsp3) is 0.500. The van der Waals surface area contributed by atoms with Crippen LogP contribution in [0.4, 0.5) is 5.82 Å². The number of aliphatic imine (C=N–C) groups is 1. The molecule has 0 radical (unpaired) electrons. The van der Waals surface area contributed by atoms with Gasteiger partial charge in [0.1, 0.15) is 5.82 Å². The molecule has 3 rings (SSSR count). The van der Waals surface area contributed by atoms with Gasteiger partial charge >= 0.3 is 0 Å². The maximum atomic E-state index is 4.74. The summed E-state index contributed by atoms with van der Waals surface area (Å²) in [6.07, 6.45) is 7.12. The van der Waals surface area contributed by atoms with Gasteiger partial charge in [-0.25, -0.2) is 9.98 Å². The Morgan fingerprint density at radius 3 is 2.77 bits per heavy atom. The number of hydrogen-bond donors (Lipinski definition) is 2. The van der Waals surface area contributed by atoms with Gasteiger partial charge < -0.3 is 15.5 Å². The summed E-state index contributed by atoms with van der Waals surface area (Å²) in [5.74, 6) is 1.95. The van der Waals surface area contributed by atoms with Crippen LogP contribution < -0.4 is 15.5 Å². The summed E-state index contributed by atoms with van der Waals surface area (Å²) in [6, 6.07) is 8.47. The van der Waals surface area contributed by atoms with Crippen LogP contribution in [-0.4, -0.2) is 30.6 Å². The second kappa shape index (κ2) is 10.2. The minimum absolute atomic E-state index is 0.656. The molecule has 0 saturated carbocycles. The van der Waals surface area contributed by atoms with Crippen molar-refractivity contribution >= 4 is 23.1 Å². The van der Waals surface area contributed by atoms with Gasteiger partial charge in [-0.1, -0.05) is 18.9 Å². The number of pyridine rings is 1. The molecule has 2 N–H and O–H groups in total. The van der Waals surface area contributed by atoms with E-state index in [4.69, 9.17) is 4.99 Å². The molecule has 2 aromatic heterocycles. The highest BCUT2D eigenvalue weighted by molar-refractivity contribution is 7.09. The maximum Gasteiger partial charge on any atom is 0.191 e. The molecule has 0 amide bonds. The van der Waals surface area contributed by atoms with Crippen LogP contribution in [0.1, 0.15) is 43.0 Å². The molecule has 1 saturated heterocycles. The van der Waals surface area contributed by atoms with Crippen molar-refractivity contribution in [1.82, 2.24) is 15.6 Å². The summed E-state index contributed by atoms with van der Waals surface area (Å²) in [5, 5.41) is 8.82. The molecule has 1 aliphatic rings. The van der Waals surface area contributed by atoms with Crippen LogP contribution >= 0.6 is 11.3 Å². The van der Waals surface area contributed by atoms with Gasteiger partial charge in [0.05, 0.1) is 13.1 Å². The molecule has 3 heterocycles. The lowest BCUT2D eigenvalue weighted by Crippen LogP contribution is -2.36. The smallest absolute Gasteiger partial charge is 0.191 e. The van der Waals surface area contributed by atoms with Crippen LogP contribution in [0.2, 0.25) is 0 Å². The lowest BCUT2D eigenvalue weighted by atomic mass is 10.2. The topological polar surface area (TPSA) is 52.6 Å². The molecule has 2 aromatic rings. The quantitative estimate of drug-likeness (QED) is 0.599. The molecule has 0 atom stereocenters. The van der Waals surface area contributed by atoms with Crippen LogP contribution in [0.3, 0.4) is 0 Å². The van der Waals surface area contributed by atoms with E-state index in [0.29, 0.717) is 6.54 Å². The molecule has 1 fully saturated rings. The van der Waals surface area contributed by atoms with E-state index in [1.54, 1.807) is 11.3 Å². The average Bonchev–Trinajstić information content (AvgIpc) is 3.04. The molecule has 0 spiro atoms. The summed E-state index contributed by atoms with van der Waals surface area (Å²) >= 11 is 1.76. The van der Waals surface area contributed by atoms with E-state index in [9.17, 15) is 0 Å². The molecule has 26 heavy (non-hydrogen) atoms.